The van der Waals surface area contributed by atoms with E-state index in [9.17, 15) is 19.4 Å². The van der Waals surface area contributed by atoms with Crippen molar-refractivity contribution in [1.29, 1.82) is 0 Å². The second-order valence-corrected chi connectivity index (χ2v) is 8.88. The Morgan fingerprint density at radius 2 is 1.10 bits per heavy atom. The summed E-state index contributed by atoms with van der Waals surface area (Å²) in [6.07, 6.45) is -2.61. The molecule has 0 aromatic rings. The van der Waals surface area contributed by atoms with Crippen molar-refractivity contribution < 1.29 is 9.59 Å². The Bertz CT molecular complexity index is 787. The molecule has 0 radical (unpaired) electrons. The van der Waals surface area contributed by atoms with E-state index in [0.717, 1.165) is 31.8 Å². The standard InChI is InChI=1S/C12H18N12O4S2/c1-19-5-7(21(3)11(19)25)23(17-27)15-9(13-5)29-30-10-14-6-8(24(16-10)18-28)22(4)12(26)20(6)2/h5-8H,1-4H3,(H,13,15)(H,14,16)/t5-,6-,7-,8-/m1/s1. The number of nitrogens with one attached hydrogen (secondary N) is 2. The summed E-state index contributed by atoms with van der Waals surface area (Å²) >= 11 is 0. The molecule has 0 aliphatic carbocycles. The zero-order valence-electron chi connectivity index (χ0n) is 16.2. The molecule has 4 heterocycles. The molecule has 2 fully saturated rings. The van der Waals surface area contributed by atoms with Gasteiger partial charge in [0.15, 0.2) is 35.0 Å². The number of amides is 4. The van der Waals surface area contributed by atoms with Crippen LogP contribution in [0.5, 0.6) is 0 Å². The summed E-state index contributed by atoms with van der Waals surface area (Å²) in [5.41, 5.74) is 5.50. The van der Waals surface area contributed by atoms with E-state index in [1.54, 1.807) is 28.2 Å². The molecule has 0 aromatic carbocycles. The Kier molecular flexibility index (Phi) is 4.96. The van der Waals surface area contributed by atoms with Crippen molar-refractivity contribution in [1.82, 2.24) is 40.7 Å². The number of likely N-dealkylation sites (N-methyl/N-ethyl adjacent to an activating group) is 4. The minimum absolute atomic E-state index is 0.293. The number of hydrogen-bond acceptors (Lipinski definition) is 12. The van der Waals surface area contributed by atoms with Crippen LogP contribution in [0.3, 0.4) is 0 Å². The number of aliphatic imine (C=N–C) groups is 2. The van der Waals surface area contributed by atoms with Crippen molar-refractivity contribution in [2.45, 2.75) is 24.7 Å². The highest BCUT2D eigenvalue weighted by Crippen LogP contribution is 2.34. The van der Waals surface area contributed by atoms with Crippen molar-refractivity contribution in [3.8, 4) is 0 Å². The van der Waals surface area contributed by atoms with Gasteiger partial charge in [-0.15, -0.1) is 20.0 Å². The number of hydrazine groups is 2. The molecule has 4 aliphatic heterocycles. The molecule has 18 heteroatoms. The third-order valence-corrected chi connectivity index (χ3v) is 7.11. The molecule has 4 rings (SSSR count). The number of fused-ring (bicyclic) bond motifs is 2. The molecule has 2 N–H and O–H groups in total. The van der Waals surface area contributed by atoms with Gasteiger partial charge in [-0.25, -0.2) is 19.6 Å². The van der Waals surface area contributed by atoms with Crippen LogP contribution in [0.2, 0.25) is 0 Å². The molecule has 0 saturated carbocycles. The molecule has 30 heavy (non-hydrogen) atoms. The van der Waals surface area contributed by atoms with Crippen LogP contribution < -0.4 is 10.9 Å². The lowest BCUT2D eigenvalue weighted by Crippen LogP contribution is -2.58. The summed E-state index contributed by atoms with van der Waals surface area (Å²) < 4.78 is 0. The van der Waals surface area contributed by atoms with Gasteiger partial charge in [-0.05, 0) is 21.6 Å². The van der Waals surface area contributed by atoms with Gasteiger partial charge in [-0.1, -0.05) is 0 Å². The first kappa shape index (κ1) is 20.3. The van der Waals surface area contributed by atoms with Crippen LogP contribution in [0.25, 0.3) is 0 Å². The van der Waals surface area contributed by atoms with E-state index in [1.807, 2.05) is 0 Å². The van der Waals surface area contributed by atoms with Gasteiger partial charge < -0.3 is 19.6 Å². The third kappa shape index (κ3) is 2.93. The van der Waals surface area contributed by atoms with Gasteiger partial charge in [0.1, 0.15) is 0 Å². The average molecular weight is 458 g/mol. The Morgan fingerprint density at radius 1 is 0.733 bits per heavy atom. The Hall–Kier alpha value is -3.02. The minimum Gasteiger partial charge on any atom is -0.301 e. The molecular formula is C12H18N12O4S2. The molecule has 0 spiro atoms. The molecule has 162 valence electrons. The predicted octanol–water partition coefficient (Wildman–Crippen LogP) is -0.618. The van der Waals surface area contributed by atoms with Crippen LogP contribution in [0.1, 0.15) is 0 Å². The van der Waals surface area contributed by atoms with Gasteiger partial charge in [0, 0.05) is 28.2 Å². The summed E-state index contributed by atoms with van der Waals surface area (Å²) in [5, 5.41) is 8.53. The van der Waals surface area contributed by atoms with Crippen LogP contribution >= 0.6 is 21.6 Å². The maximum Gasteiger partial charge on any atom is 0.323 e. The fourth-order valence-electron chi connectivity index (χ4n) is 3.56. The highest BCUT2D eigenvalue weighted by atomic mass is 33.1. The van der Waals surface area contributed by atoms with E-state index < -0.39 is 24.7 Å². The summed E-state index contributed by atoms with van der Waals surface area (Å²) in [6.45, 7) is 0. The minimum atomic E-state index is -0.677. The van der Waals surface area contributed by atoms with Crippen molar-refractivity contribution in [3.05, 3.63) is 9.81 Å². The zero-order valence-corrected chi connectivity index (χ0v) is 17.9. The summed E-state index contributed by atoms with van der Waals surface area (Å²) in [4.78, 5) is 61.3. The number of urea groups is 2. The van der Waals surface area contributed by atoms with E-state index in [0.29, 0.717) is 10.3 Å². The van der Waals surface area contributed by atoms with E-state index in [-0.39, 0.29) is 12.1 Å². The topological polar surface area (TPSA) is 161 Å². The summed E-state index contributed by atoms with van der Waals surface area (Å²) in [6, 6.07) is -0.587. The number of carbonyl (C=O) groups is 2. The molecule has 2 saturated heterocycles. The van der Waals surface area contributed by atoms with Crippen molar-refractivity contribution >= 4 is 44.0 Å². The molecule has 0 bridgehead atoms. The van der Waals surface area contributed by atoms with E-state index in [1.165, 1.54) is 19.6 Å². The maximum absolute atomic E-state index is 12.2. The lowest BCUT2D eigenvalue weighted by molar-refractivity contribution is 0.0538. The number of amidine groups is 2. The lowest BCUT2D eigenvalue weighted by Gasteiger charge is -2.35. The first-order chi connectivity index (χ1) is 14.3. The van der Waals surface area contributed by atoms with Gasteiger partial charge in [-0.2, -0.15) is 0 Å². The Labute approximate surface area is 177 Å². The van der Waals surface area contributed by atoms with E-state index in [2.05, 4.69) is 31.4 Å². The first-order valence-corrected chi connectivity index (χ1v) is 10.7. The van der Waals surface area contributed by atoms with Gasteiger partial charge in [-0.3, -0.25) is 10.9 Å². The van der Waals surface area contributed by atoms with Crippen LogP contribution in [-0.2, 0) is 0 Å². The van der Waals surface area contributed by atoms with Crippen LogP contribution in [0, 0.1) is 9.81 Å². The van der Waals surface area contributed by atoms with Gasteiger partial charge in [0.2, 0.25) is 0 Å². The number of nitrogens with zero attached hydrogens (tertiary/aromatic N) is 10. The fraction of sp³-hybridized carbons (Fsp3) is 0.667. The smallest absolute Gasteiger partial charge is 0.301 e. The van der Waals surface area contributed by atoms with Gasteiger partial charge in [0.25, 0.3) is 0 Å². The van der Waals surface area contributed by atoms with E-state index in [4.69, 9.17) is 0 Å². The van der Waals surface area contributed by atoms with Crippen LogP contribution in [-0.4, -0.2) is 105 Å². The van der Waals surface area contributed by atoms with E-state index >= 15 is 0 Å². The second kappa shape index (κ2) is 7.35. The Balaban J connectivity index is 1.51. The summed E-state index contributed by atoms with van der Waals surface area (Å²) in [5.74, 6) is 0. The van der Waals surface area contributed by atoms with Crippen molar-refractivity contribution in [2.75, 3.05) is 28.2 Å². The monoisotopic (exact) mass is 458 g/mol. The van der Waals surface area contributed by atoms with Gasteiger partial charge >= 0.3 is 12.1 Å². The molecule has 4 aliphatic rings. The second-order valence-electron chi connectivity index (χ2n) is 6.77. The quantitative estimate of drug-likeness (QED) is 0.403. The molecule has 0 aromatic heterocycles. The normalized spacial score (nSPS) is 30.5. The number of hydrogen-bond donors (Lipinski definition) is 2. The highest BCUT2D eigenvalue weighted by molar-refractivity contribution is 8.87. The molecule has 0 unspecified atom stereocenters. The Morgan fingerprint density at radius 3 is 1.43 bits per heavy atom. The maximum atomic E-state index is 12.2. The number of nitroso groups, excluding NO2 is 2. The SMILES string of the molecule is CN1C(=O)N(C)[C@H]2[C@@H]1N=C(SSC1=N[C@H]3[C@@H](N(N=O)N1)N(C)C(=O)N3C)NN2N=O. The van der Waals surface area contributed by atoms with Crippen molar-refractivity contribution in [3.63, 3.8) is 0 Å². The number of carbonyl (C=O) groups excluding carboxylic acids is 2. The first-order valence-electron chi connectivity index (χ1n) is 8.56. The number of rotatable bonds is 2. The van der Waals surface area contributed by atoms with Crippen molar-refractivity contribution in [2.24, 2.45) is 20.6 Å². The third-order valence-electron chi connectivity index (χ3n) is 5.12. The molecular weight excluding hydrogens is 440 g/mol. The highest BCUT2D eigenvalue weighted by Gasteiger charge is 2.50. The van der Waals surface area contributed by atoms with Gasteiger partial charge in [0.05, 0.1) is 10.6 Å². The molecule has 4 amide bonds. The fourth-order valence-corrected chi connectivity index (χ4v) is 5.24. The summed E-state index contributed by atoms with van der Waals surface area (Å²) in [7, 11) is 8.49. The average Bonchev–Trinajstić information content (AvgIpc) is 3.11. The van der Waals surface area contributed by atoms with Crippen LogP contribution in [0.15, 0.2) is 20.6 Å². The molecule has 4 atom stereocenters. The largest absolute Gasteiger partial charge is 0.323 e. The predicted molar refractivity (Wildman–Crippen MR) is 109 cm³/mol. The lowest BCUT2D eigenvalue weighted by atomic mass is 10.4. The zero-order chi connectivity index (χ0) is 21.7. The molecule has 16 nitrogen and oxygen atoms in total. The van der Waals surface area contributed by atoms with Crippen LogP contribution in [0.4, 0.5) is 9.59 Å².